The number of carbonyl (C=O) groups excluding carboxylic acids is 1. The van der Waals surface area contributed by atoms with Gasteiger partial charge in [-0.1, -0.05) is 17.6 Å². The van der Waals surface area contributed by atoms with E-state index in [1.807, 2.05) is 25.1 Å². The molecule has 2 aromatic rings. The number of carbonyl (C=O) groups is 1. The third-order valence-corrected chi connectivity index (χ3v) is 3.97. The Balaban J connectivity index is 2.02. The average Bonchev–Trinajstić information content (AvgIpc) is 3.08. The van der Waals surface area contributed by atoms with Crippen molar-refractivity contribution in [3.8, 4) is 18.0 Å². The van der Waals surface area contributed by atoms with Crippen molar-refractivity contribution in [2.24, 2.45) is 0 Å². The minimum absolute atomic E-state index is 0.0429. The molecule has 1 amide bonds. The summed E-state index contributed by atoms with van der Waals surface area (Å²) in [5, 5.41) is 8.28. The first-order valence-electron chi connectivity index (χ1n) is 7.45. The standard InChI is InChI=1S/C17H18N4O/c1-3-14-6-4-5-11-20(14)17(22)15-12-13(2)7-8-16(15)21-18-9-10-19-21/h1,7-10,12,14H,4-6,11H2,2H3. The minimum atomic E-state index is -0.125. The van der Waals surface area contributed by atoms with Crippen LogP contribution in [0.1, 0.15) is 35.2 Å². The van der Waals surface area contributed by atoms with Crippen molar-refractivity contribution in [2.45, 2.75) is 32.2 Å². The number of amides is 1. The highest BCUT2D eigenvalue weighted by atomic mass is 16.2. The van der Waals surface area contributed by atoms with Crippen LogP contribution >= 0.6 is 0 Å². The normalized spacial score (nSPS) is 18.0. The molecule has 0 bridgehead atoms. The molecule has 112 valence electrons. The molecule has 0 radical (unpaired) electrons. The fourth-order valence-corrected chi connectivity index (χ4v) is 2.84. The molecule has 1 aliphatic rings. The van der Waals surface area contributed by atoms with Crippen molar-refractivity contribution >= 4 is 5.91 Å². The number of benzene rings is 1. The number of rotatable bonds is 2. The largest absolute Gasteiger partial charge is 0.325 e. The third kappa shape index (κ3) is 2.60. The minimum Gasteiger partial charge on any atom is -0.325 e. The number of likely N-dealkylation sites (tertiary alicyclic amines) is 1. The molecular weight excluding hydrogens is 276 g/mol. The molecule has 1 fully saturated rings. The van der Waals surface area contributed by atoms with Crippen LogP contribution < -0.4 is 0 Å². The summed E-state index contributed by atoms with van der Waals surface area (Å²) >= 11 is 0. The highest BCUT2D eigenvalue weighted by molar-refractivity contribution is 5.98. The van der Waals surface area contributed by atoms with Gasteiger partial charge in [-0.2, -0.15) is 15.0 Å². The summed E-state index contributed by atoms with van der Waals surface area (Å²) in [6, 6.07) is 5.57. The van der Waals surface area contributed by atoms with E-state index in [2.05, 4.69) is 16.1 Å². The third-order valence-electron chi connectivity index (χ3n) is 3.97. The SMILES string of the molecule is C#CC1CCCCN1C(=O)c1cc(C)ccc1-n1nccn1. The number of hydrogen-bond donors (Lipinski definition) is 0. The van der Waals surface area contributed by atoms with Crippen molar-refractivity contribution in [3.63, 3.8) is 0 Å². The van der Waals surface area contributed by atoms with E-state index in [0.717, 1.165) is 24.8 Å². The Morgan fingerprint density at radius 2 is 2.09 bits per heavy atom. The molecule has 5 heteroatoms. The second-order valence-electron chi connectivity index (χ2n) is 5.52. The van der Waals surface area contributed by atoms with Gasteiger partial charge in [-0.3, -0.25) is 4.79 Å². The van der Waals surface area contributed by atoms with Crippen molar-refractivity contribution in [3.05, 3.63) is 41.7 Å². The topological polar surface area (TPSA) is 51.0 Å². The van der Waals surface area contributed by atoms with Crippen molar-refractivity contribution < 1.29 is 4.79 Å². The molecule has 0 saturated carbocycles. The predicted octanol–water partition coefficient (Wildman–Crippen LogP) is 2.20. The molecule has 1 aromatic carbocycles. The molecule has 1 aliphatic heterocycles. The summed E-state index contributed by atoms with van der Waals surface area (Å²) in [6.45, 7) is 2.67. The van der Waals surface area contributed by atoms with Gasteiger partial charge in [-0.15, -0.1) is 6.42 Å². The average molecular weight is 294 g/mol. The van der Waals surface area contributed by atoms with Gasteiger partial charge in [0.25, 0.3) is 5.91 Å². The monoisotopic (exact) mass is 294 g/mol. The van der Waals surface area contributed by atoms with Gasteiger partial charge < -0.3 is 4.90 Å². The van der Waals surface area contributed by atoms with Crippen molar-refractivity contribution in [1.29, 1.82) is 0 Å². The summed E-state index contributed by atoms with van der Waals surface area (Å²) in [5.74, 6) is 2.70. The molecule has 0 spiro atoms. The molecular formula is C17H18N4O. The molecule has 1 unspecified atom stereocenters. The number of aryl methyl sites for hydroxylation is 1. The van der Waals surface area contributed by atoms with Crippen LogP contribution in [0.15, 0.2) is 30.6 Å². The lowest BCUT2D eigenvalue weighted by molar-refractivity contribution is 0.0672. The molecule has 22 heavy (non-hydrogen) atoms. The Morgan fingerprint density at radius 3 is 2.82 bits per heavy atom. The number of hydrogen-bond acceptors (Lipinski definition) is 3. The fourth-order valence-electron chi connectivity index (χ4n) is 2.84. The lowest BCUT2D eigenvalue weighted by atomic mass is 10.0. The Bertz CT molecular complexity index is 715. The highest BCUT2D eigenvalue weighted by Gasteiger charge is 2.28. The van der Waals surface area contributed by atoms with Crippen LogP contribution in [0.25, 0.3) is 5.69 Å². The summed E-state index contributed by atoms with van der Waals surface area (Å²) in [5.41, 5.74) is 2.30. The maximum atomic E-state index is 13.0. The molecule has 3 rings (SSSR count). The second-order valence-corrected chi connectivity index (χ2v) is 5.52. The lowest BCUT2D eigenvalue weighted by Gasteiger charge is -2.33. The number of aromatic nitrogens is 3. The van der Waals surface area contributed by atoms with Gasteiger partial charge in [0, 0.05) is 6.54 Å². The fraction of sp³-hybridized carbons (Fsp3) is 0.353. The van der Waals surface area contributed by atoms with E-state index in [1.54, 1.807) is 17.3 Å². The van der Waals surface area contributed by atoms with Crippen LogP contribution in [0.2, 0.25) is 0 Å². The van der Waals surface area contributed by atoms with E-state index < -0.39 is 0 Å². The smallest absolute Gasteiger partial charge is 0.257 e. The number of piperidine rings is 1. The first-order valence-corrected chi connectivity index (χ1v) is 7.45. The van der Waals surface area contributed by atoms with Gasteiger partial charge in [0.05, 0.1) is 29.7 Å². The van der Waals surface area contributed by atoms with Crippen LogP contribution in [0, 0.1) is 19.3 Å². The van der Waals surface area contributed by atoms with Crippen LogP contribution in [0.4, 0.5) is 0 Å². The van der Waals surface area contributed by atoms with Gasteiger partial charge in [0.1, 0.15) is 0 Å². The molecule has 0 aliphatic carbocycles. The zero-order valence-corrected chi connectivity index (χ0v) is 12.6. The zero-order valence-electron chi connectivity index (χ0n) is 12.6. The van der Waals surface area contributed by atoms with Crippen molar-refractivity contribution in [2.75, 3.05) is 6.54 Å². The van der Waals surface area contributed by atoms with Gasteiger partial charge in [-0.05, 0) is 38.3 Å². The zero-order chi connectivity index (χ0) is 15.5. The van der Waals surface area contributed by atoms with Crippen molar-refractivity contribution in [1.82, 2.24) is 19.9 Å². The lowest BCUT2D eigenvalue weighted by Crippen LogP contribution is -2.43. The Morgan fingerprint density at radius 1 is 1.32 bits per heavy atom. The Hall–Kier alpha value is -2.61. The summed E-state index contributed by atoms with van der Waals surface area (Å²) in [7, 11) is 0. The van der Waals surface area contributed by atoms with E-state index in [-0.39, 0.29) is 11.9 Å². The molecule has 5 nitrogen and oxygen atoms in total. The maximum Gasteiger partial charge on any atom is 0.257 e. The van der Waals surface area contributed by atoms with Crippen LogP contribution in [-0.2, 0) is 0 Å². The van der Waals surface area contributed by atoms with Gasteiger partial charge >= 0.3 is 0 Å². The van der Waals surface area contributed by atoms with E-state index in [1.165, 1.54) is 4.80 Å². The molecule has 2 heterocycles. The molecule has 1 aromatic heterocycles. The first kappa shape index (κ1) is 14.3. The van der Waals surface area contributed by atoms with Gasteiger partial charge in [0.15, 0.2) is 0 Å². The van der Waals surface area contributed by atoms with Gasteiger partial charge in [0.2, 0.25) is 0 Å². The van der Waals surface area contributed by atoms with E-state index in [0.29, 0.717) is 17.8 Å². The summed E-state index contributed by atoms with van der Waals surface area (Å²) in [4.78, 5) is 16.3. The predicted molar refractivity (Wildman–Crippen MR) is 83.6 cm³/mol. The quantitative estimate of drug-likeness (QED) is 0.798. The van der Waals surface area contributed by atoms with Gasteiger partial charge in [-0.25, -0.2) is 0 Å². The Labute approximate surface area is 129 Å². The van der Waals surface area contributed by atoms with Crippen LogP contribution in [-0.4, -0.2) is 38.4 Å². The molecule has 1 atom stereocenters. The van der Waals surface area contributed by atoms with E-state index in [9.17, 15) is 4.79 Å². The number of terminal acetylenes is 1. The van der Waals surface area contributed by atoms with E-state index in [4.69, 9.17) is 6.42 Å². The van der Waals surface area contributed by atoms with Crippen LogP contribution in [0.3, 0.4) is 0 Å². The second kappa shape index (κ2) is 6.02. The molecule has 0 N–H and O–H groups in total. The summed E-state index contributed by atoms with van der Waals surface area (Å²) in [6.07, 6.45) is 11.7. The highest BCUT2D eigenvalue weighted by Crippen LogP contribution is 2.23. The summed E-state index contributed by atoms with van der Waals surface area (Å²) < 4.78 is 0. The Kier molecular flexibility index (Phi) is 3.92. The first-order chi connectivity index (χ1) is 10.7. The molecule has 1 saturated heterocycles. The van der Waals surface area contributed by atoms with E-state index >= 15 is 0 Å². The van der Waals surface area contributed by atoms with Crippen LogP contribution in [0.5, 0.6) is 0 Å². The maximum absolute atomic E-state index is 13.0. The number of nitrogens with zero attached hydrogens (tertiary/aromatic N) is 4.